The zero-order valence-electron chi connectivity index (χ0n) is 14.5. The Kier molecular flexibility index (Phi) is 14.1. The summed E-state index contributed by atoms with van der Waals surface area (Å²) in [7, 11) is 3.77. The van der Waals surface area contributed by atoms with E-state index in [1.54, 1.807) is 0 Å². The Bertz CT molecular complexity index is 313. The van der Waals surface area contributed by atoms with Gasteiger partial charge in [-0.1, -0.05) is 57.1 Å². The minimum Gasteiger partial charge on any atom is -0.381 e. The van der Waals surface area contributed by atoms with E-state index in [4.69, 9.17) is 17.0 Å². The summed E-state index contributed by atoms with van der Waals surface area (Å²) >= 11 is 6.51. The maximum absolute atomic E-state index is 11.6. The number of rotatable bonds is 12. The van der Waals surface area contributed by atoms with Crippen molar-refractivity contribution < 1.29 is 9.53 Å². The number of ether oxygens (including phenoxy) is 1. The van der Waals surface area contributed by atoms with E-state index in [0.29, 0.717) is 24.8 Å². The van der Waals surface area contributed by atoms with Crippen LogP contribution < -0.4 is 5.32 Å². The molecule has 0 spiro atoms. The summed E-state index contributed by atoms with van der Waals surface area (Å²) in [6, 6.07) is 0. The molecule has 1 atom stereocenters. The van der Waals surface area contributed by atoms with Crippen LogP contribution in [-0.2, 0) is 9.53 Å². The van der Waals surface area contributed by atoms with E-state index < -0.39 is 0 Å². The first-order chi connectivity index (χ1) is 10.5. The number of thiocarbonyl (C=S) groups is 1. The number of nitrogens with zero attached hydrogens (tertiary/aromatic N) is 1. The van der Waals surface area contributed by atoms with Crippen LogP contribution in [0, 0.1) is 5.92 Å². The molecule has 0 heterocycles. The van der Waals surface area contributed by atoms with Gasteiger partial charge in [0.1, 0.15) is 4.32 Å². The lowest BCUT2D eigenvalue weighted by atomic mass is 10.0. The van der Waals surface area contributed by atoms with Gasteiger partial charge in [-0.2, -0.15) is 0 Å². The van der Waals surface area contributed by atoms with Crippen molar-refractivity contribution in [2.24, 2.45) is 5.92 Å². The lowest BCUT2D eigenvalue weighted by Crippen LogP contribution is -2.28. The first-order valence-corrected chi connectivity index (χ1v) is 9.59. The van der Waals surface area contributed by atoms with Crippen LogP contribution in [0.1, 0.15) is 46.0 Å². The zero-order valence-corrected chi connectivity index (χ0v) is 16.2. The standard InChI is InChI=1S/C16H32N2O2S2/c1-5-7-9-14(6-2)12-20-11-8-10-17-15(19)13-22-16(21)18(3)4/h14H,5-13H2,1-4H3,(H,17,19). The van der Waals surface area contributed by atoms with Gasteiger partial charge in [-0.3, -0.25) is 4.79 Å². The third-order valence-electron chi connectivity index (χ3n) is 3.38. The summed E-state index contributed by atoms with van der Waals surface area (Å²) < 4.78 is 6.44. The number of nitrogens with one attached hydrogen (secondary N) is 1. The minimum absolute atomic E-state index is 0.0311. The molecular weight excluding hydrogens is 316 g/mol. The van der Waals surface area contributed by atoms with E-state index in [-0.39, 0.29) is 5.91 Å². The van der Waals surface area contributed by atoms with Crippen LogP contribution in [0.3, 0.4) is 0 Å². The maximum atomic E-state index is 11.6. The lowest BCUT2D eigenvalue weighted by molar-refractivity contribution is -0.118. The Morgan fingerprint density at radius 2 is 2.05 bits per heavy atom. The molecule has 1 amide bonds. The summed E-state index contributed by atoms with van der Waals surface area (Å²) in [6.07, 6.45) is 5.83. The molecule has 0 rings (SSSR count). The molecule has 0 aromatic rings. The minimum atomic E-state index is 0.0311. The molecule has 130 valence electrons. The van der Waals surface area contributed by atoms with Crippen LogP contribution in [0.15, 0.2) is 0 Å². The summed E-state index contributed by atoms with van der Waals surface area (Å²) in [6.45, 7) is 6.67. The lowest BCUT2D eigenvalue weighted by Gasteiger charge is -2.15. The van der Waals surface area contributed by atoms with Crippen molar-refractivity contribution >= 4 is 34.2 Å². The molecule has 6 heteroatoms. The molecule has 0 aliphatic heterocycles. The van der Waals surface area contributed by atoms with Crippen molar-refractivity contribution in [2.75, 3.05) is 39.6 Å². The summed E-state index contributed by atoms with van der Waals surface area (Å²) in [5.74, 6) is 1.09. The van der Waals surface area contributed by atoms with E-state index in [9.17, 15) is 4.79 Å². The number of thioether (sulfide) groups is 1. The van der Waals surface area contributed by atoms with Crippen LogP contribution in [0.2, 0.25) is 0 Å². The van der Waals surface area contributed by atoms with Crippen LogP contribution in [-0.4, -0.2) is 54.7 Å². The number of carbonyl (C=O) groups excluding carboxylic acids is 1. The molecular formula is C16H32N2O2S2. The molecule has 1 unspecified atom stereocenters. The maximum Gasteiger partial charge on any atom is 0.230 e. The summed E-state index contributed by atoms with van der Waals surface area (Å²) in [5.41, 5.74) is 0. The Hall–Kier alpha value is -0.330. The zero-order chi connectivity index (χ0) is 16.8. The summed E-state index contributed by atoms with van der Waals surface area (Å²) in [5, 5.41) is 2.90. The highest BCUT2D eigenvalue weighted by atomic mass is 32.2. The Morgan fingerprint density at radius 3 is 2.64 bits per heavy atom. The molecule has 0 bridgehead atoms. The molecule has 0 aliphatic carbocycles. The quantitative estimate of drug-likeness (QED) is 0.433. The van der Waals surface area contributed by atoms with Gasteiger partial charge < -0.3 is 15.0 Å². The Balaban J connectivity index is 3.52. The largest absolute Gasteiger partial charge is 0.381 e. The normalized spacial score (nSPS) is 12.0. The van der Waals surface area contributed by atoms with Gasteiger partial charge in [0.25, 0.3) is 0 Å². The van der Waals surface area contributed by atoms with Crippen molar-refractivity contribution in [3.63, 3.8) is 0 Å². The van der Waals surface area contributed by atoms with Gasteiger partial charge in [0.05, 0.1) is 5.75 Å². The van der Waals surface area contributed by atoms with Crippen molar-refractivity contribution in [2.45, 2.75) is 46.0 Å². The topological polar surface area (TPSA) is 41.6 Å². The van der Waals surface area contributed by atoms with E-state index >= 15 is 0 Å². The average Bonchev–Trinajstić information content (AvgIpc) is 2.50. The van der Waals surface area contributed by atoms with Crippen LogP contribution >= 0.6 is 24.0 Å². The highest BCUT2D eigenvalue weighted by Gasteiger charge is 2.07. The number of hydrogen-bond acceptors (Lipinski definition) is 4. The molecule has 0 radical (unpaired) electrons. The molecule has 22 heavy (non-hydrogen) atoms. The van der Waals surface area contributed by atoms with Gasteiger partial charge in [0, 0.05) is 33.9 Å². The molecule has 0 aromatic carbocycles. The Morgan fingerprint density at radius 1 is 1.32 bits per heavy atom. The molecule has 4 nitrogen and oxygen atoms in total. The molecule has 0 aliphatic rings. The van der Waals surface area contributed by atoms with Crippen LogP contribution in [0.4, 0.5) is 0 Å². The van der Waals surface area contributed by atoms with Gasteiger partial charge >= 0.3 is 0 Å². The number of amides is 1. The number of unbranched alkanes of at least 4 members (excludes halogenated alkanes) is 1. The molecule has 0 aromatic heterocycles. The second kappa shape index (κ2) is 14.3. The smallest absolute Gasteiger partial charge is 0.230 e. The fraction of sp³-hybridized carbons (Fsp3) is 0.875. The van der Waals surface area contributed by atoms with Gasteiger partial charge in [-0.25, -0.2) is 0 Å². The third kappa shape index (κ3) is 12.2. The van der Waals surface area contributed by atoms with E-state index in [1.165, 1.54) is 37.4 Å². The third-order valence-corrected chi connectivity index (χ3v) is 5.11. The fourth-order valence-electron chi connectivity index (χ4n) is 1.86. The van der Waals surface area contributed by atoms with E-state index in [2.05, 4.69) is 19.2 Å². The van der Waals surface area contributed by atoms with E-state index in [1.807, 2.05) is 19.0 Å². The van der Waals surface area contributed by atoms with E-state index in [0.717, 1.165) is 17.3 Å². The highest BCUT2D eigenvalue weighted by Crippen LogP contribution is 2.12. The SMILES string of the molecule is CCCCC(CC)COCCCNC(=O)CSC(=S)N(C)C. The van der Waals surface area contributed by atoms with Crippen molar-refractivity contribution in [3.05, 3.63) is 0 Å². The summed E-state index contributed by atoms with van der Waals surface area (Å²) in [4.78, 5) is 13.5. The average molecular weight is 349 g/mol. The monoisotopic (exact) mass is 348 g/mol. The van der Waals surface area contributed by atoms with Crippen molar-refractivity contribution in [1.82, 2.24) is 10.2 Å². The molecule has 0 saturated carbocycles. The highest BCUT2D eigenvalue weighted by molar-refractivity contribution is 8.23. The number of carbonyl (C=O) groups is 1. The van der Waals surface area contributed by atoms with Gasteiger partial charge in [-0.05, 0) is 18.8 Å². The van der Waals surface area contributed by atoms with Crippen molar-refractivity contribution in [3.8, 4) is 0 Å². The molecule has 0 fully saturated rings. The van der Waals surface area contributed by atoms with Gasteiger partial charge in [0.2, 0.25) is 5.91 Å². The predicted octanol–water partition coefficient (Wildman–Crippen LogP) is 3.31. The Labute approximate surface area is 145 Å². The second-order valence-electron chi connectivity index (χ2n) is 5.64. The van der Waals surface area contributed by atoms with Crippen LogP contribution in [0.5, 0.6) is 0 Å². The second-order valence-corrected chi connectivity index (χ2v) is 7.25. The van der Waals surface area contributed by atoms with Gasteiger partial charge in [-0.15, -0.1) is 0 Å². The van der Waals surface area contributed by atoms with Crippen molar-refractivity contribution in [1.29, 1.82) is 0 Å². The van der Waals surface area contributed by atoms with Gasteiger partial charge in [0.15, 0.2) is 0 Å². The number of hydrogen-bond donors (Lipinski definition) is 1. The van der Waals surface area contributed by atoms with Crippen LogP contribution in [0.25, 0.3) is 0 Å². The first-order valence-electron chi connectivity index (χ1n) is 8.19. The molecule has 1 N–H and O–H groups in total. The fourth-order valence-corrected chi connectivity index (χ4v) is 2.65. The predicted molar refractivity (Wildman–Crippen MR) is 100 cm³/mol. The first kappa shape index (κ1) is 21.7. The molecule has 0 saturated heterocycles.